The molecule has 0 aliphatic carbocycles. The molecule has 0 unspecified atom stereocenters. The molecule has 1 N–H and O–H groups in total. The third kappa shape index (κ3) is 4.25. The van der Waals surface area contributed by atoms with E-state index in [-0.39, 0.29) is 16.9 Å². The number of rotatable bonds is 6. The number of unbranched alkanes of at least 4 members (excludes halogenated alkanes) is 1. The first-order valence-corrected chi connectivity index (χ1v) is 5.16. The first-order valence-electron chi connectivity index (χ1n) is 4.78. The summed E-state index contributed by atoms with van der Waals surface area (Å²) in [6.07, 6.45) is 1.49. The van der Waals surface area contributed by atoms with Crippen LogP contribution in [-0.4, -0.2) is 19.0 Å². The van der Waals surface area contributed by atoms with Crippen LogP contribution in [0.4, 0.5) is 0 Å². The molecular weight excluding hydrogens is 232 g/mol. The third-order valence-electron chi connectivity index (χ3n) is 1.83. The molecule has 1 amide bonds. The maximum absolute atomic E-state index is 11.4. The van der Waals surface area contributed by atoms with Crippen molar-refractivity contribution in [1.29, 1.82) is 0 Å². The highest BCUT2D eigenvalue weighted by atomic mass is 35.5. The van der Waals surface area contributed by atoms with Crippen molar-refractivity contribution in [3.05, 3.63) is 33.6 Å². The molecule has 0 fully saturated rings. The van der Waals surface area contributed by atoms with Crippen LogP contribution in [0.5, 0.6) is 0 Å². The van der Waals surface area contributed by atoms with Gasteiger partial charge in [-0.2, -0.15) is 0 Å². The van der Waals surface area contributed by atoms with Crippen LogP contribution in [0.1, 0.15) is 23.4 Å². The number of furan rings is 1. The quantitative estimate of drug-likeness (QED) is 0.360. The minimum atomic E-state index is -0.296. The van der Waals surface area contributed by atoms with Gasteiger partial charge in [-0.25, -0.2) is 0 Å². The van der Waals surface area contributed by atoms with Crippen LogP contribution in [0.25, 0.3) is 10.4 Å². The Hall–Kier alpha value is -1.65. The summed E-state index contributed by atoms with van der Waals surface area (Å²) in [7, 11) is 0. The highest BCUT2D eigenvalue weighted by molar-refractivity contribution is 6.29. The molecule has 0 saturated carbocycles. The Labute approximate surface area is 97.2 Å². The molecule has 1 heterocycles. The fourth-order valence-corrected chi connectivity index (χ4v) is 1.22. The molecule has 16 heavy (non-hydrogen) atoms. The number of carbonyl (C=O) groups is 1. The van der Waals surface area contributed by atoms with Crippen molar-refractivity contribution in [3.8, 4) is 0 Å². The monoisotopic (exact) mass is 242 g/mol. The van der Waals surface area contributed by atoms with E-state index in [2.05, 4.69) is 15.3 Å². The van der Waals surface area contributed by atoms with Crippen LogP contribution < -0.4 is 5.32 Å². The summed E-state index contributed by atoms with van der Waals surface area (Å²) in [6, 6.07) is 3.02. The van der Waals surface area contributed by atoms with E-state index in [1.54, 1.807) is 0 Å². The summed E-state index contributed by atoms with van der Waals surface area (Å²) in [5.41, 5.74) is 8.03. The SMILES string of the molecule is [N-]=[N+]=NCCCCNC(=O)c1ccc(Cl)o1. The smallest absolute Gasteiger partial charge is 0.287 e. The minimum absolute atomic E-state index is 0.188. The highest BCUT2D eigenvalue weighted by Crippen LogP contribution is 2.12. The van der Waals surface area contributed by atoms with E-state index < -0.39 is 0 Å². The Kier molecular flexibility index (Phi) is 5.25. The lowest BCUT2D eigenvalue weighted by Crippen LogP contribution is -2.23. The molecule has 86 valence electrons. The van der Waals surface area contributed by atoms with Crippen molar-refractivity contribution >= 4 is 17.5 Å². The van der Waals surface area contributed by atoms with Gasteiger partial charge in [-0.1, -0.05) is 5.11 Å². The van der Waals surface area contributed by atoms with Gasteiger partial charge in [0.15, 0.2) is 11.0 Å². The van der Waals surface area contributed by atoms with Gasteiger partial charge in [0, 0.05) is 18.0 Å². The second-order valence-corrected chi connectivity index (χ2v) is 3.39. The molecule has 1 rings (SSSR count). The fourth-order valence-electron chi connectivity index (χ4n) is 1.08. The number of azide groups is 1. The number of nitrogens with one attached hydrogen (secondary N) is 1. The predicted molar refractivity (Wildman–Crippen MR) is 59.3 cm³/mol. The summed E-state index contributed by atoms with van der Waals surface area (Å²) in [4.78, 5) is 14.0. The predicted octanol–water partition coefficient (Wildman–Crippen LogP) is 2.75. The van der Waals surface area contributed by atoms with E-state index >= 15 is 0 Å². The molecule has 0 aromatic carbocycles. The number of halogens is 1. The van der Waals surface area contributed by atoms with Crippen LogP contribution in [0.2, 0.25) is 5.22 Å². The minimum Gasteiger partial charge on any atom is -0.440 e. The van der Waals surface area contributed by atoms with Crippen LogP contribution >= 0.6 is 11.6 Å². The fraction of sp³-hybridized carbons (Fsp3) is 0.444. The first kappa shape index (κ1) is 12.4. The number of carbonyl (C=O) groups excluding carboxylic acids is 1. The Balaban J connectivity index is 2.18. The highest BCUT2D eigenvalue weighted by Gasteiger charge is 2.08. The molecule has 0 radical (unpaired) electrons. The number of nitrogens with zero attached hydrogens (tertiary/aromatic N) is 3. The van der Waals surface area contributed by atoms with Crippen molar-refractivity contribution in [2.24, 2.45) is 5.11 Å². The molecule has 0 saturated heterocycles. The average Bonchev–Trinajstić information content (AvgIpc) is 2.70. The maximum Gasteiger partial charge on any atom is 0.287 e. The molecular formula is C9H11ClN4O2. The molecule has 0 atom stereocenters. The number of hydrogen-bond donors (Lipinski definition) is 1. The van der Waals surface area contributed by atoms with Gasteiger partial charge in [0.2, 0.25) is 0 Å². The van der Waals surface area contributed by atoms with E-state index in [9.17, 15) is 4.79 Å². The van der Waals surface area contributed by atoms with Crippen molar-refractivity contribution < 1.29 is 9.21 Å². The molecule has 0 bridgehead atoms. The molecule has 1 aromatic heterocycles. The molecule has 7 heteroatoms. The van der Waals surface area contributed by atoms with Crippen LogP contribution in [0, 0.1) is 0 Å². The molecule has 0 aliphatic rings. The lowest BCUT2D eigenvalue weighted by Gasteiger charge is -2.01. The number of hydrogen-bond acceptors (Lipinski definition) is 3. The Bertz CT molecular complexity index is 398. The Morgan fingerprint density at radius 1 is 1.56 bits per heavy atom. The Morgan fingerprint density at radius 2 is 2.38 bits per heavy atom. The zero-order valence-electron chi connectivity index (χ0n) is 8.52. The first-order chi connectivity index (χ1) is 7.74. The largest absolute Gasteiger partial charge is 0.440 e. The van der Waals surface area contributed by atoms with Crippen molar-refractivity contribution in [2.45, 2.75) is 12.8 Å². The van der Waals surface area contributed by atoms with Gasteiger partial charge < -0.3 is 9.73 Å². The summed E-state index contributed by atoms with van der Waals surface area (Å²) >= 11 is 5.53. The second kappa shape index (κ2) is 6.76. The van der Waals surface area contributed by atoms with E-state index in [0.717, 1.165) is 12.8 Å². The van der Waals surface area contributed by atoms with Gasteiger partial charge in [-0.3, -0.25) is 4.79 Å². The van der Waals surface area contributed by atoms with Gasteiger partial charge >= 0.3 is 0 Å². The summed E-state index contributed by atoms with van der Waals surface area (Å²) in [6.45, 7) is 0.955. The lowest BCUT2D eigenvalue weighted by atomic mass is 10.3. The van der Waals surface area contributed by atoms with E-state index in [1.165, 1.54) is 12.1 Å². The molecule has 1 aromatic rings. The van der Waals surface area contributed by atoms with Crippen LogP contribution in [-0.2, 0) is 0 Å². The molecule has 0 aliphatic heterocycles. The summed E-state index contributed by atoms with van der Waals surface area (Å²) in [5.74, 6) is -0.101. The van der Waals surface area contributed by atoms with Gasteiger partial charge in [-0.05, 0) is 42.1 Å². The lowest BCUT2D eigenvalue weighted by molar-refractivity contribution is 0.0925. The topological polar surface area (TPSA) is 91.0 Å². The summed E-state index contributed by atoms with van der Waals surface area (Å²) < 4.78 is 4.93. The number of amides is 1. The van der Waals surface area contributed by atoms with E-state index in [0.29, 0.717) is 13.1 Å². The third-order valence-corrected chi connectivity index (χ3v) is 2.03. The molecule has 6 nitrogen and oxygen atoms in total. The van der Waals surface area contributed by atoms with Crippen molar-refractivity contribution in [2.75, 3.05) is 13.1 Å². The zero-order chi connectivity index (χ0) is 11.8. The van der Waals surface area contributed by atoms with Gasteiger partial charge in [0.05, 0.1) is 0 Å². The zero-order valence-corrected chi connectivity index (χ0v) is 9.28. The van der Waals surface area contributed by atoms with E-state index in [4.69, 9.17) is 21.5 Å². The van der Waals surface area contributed by atoms with E-state index in [1.807, 2.05) is 0 Å². The average molecular weight is 243 g/mol. The van der Waals surface area contributed by atoms with Crippen molar-refractivity contribution in [3.63, 3.8) is 0 Å². The normalized spacial score (nSPS) is 9.56. The standard InChI is InChI=1S/C9H11ClN4O2/c10-8-4-3-7(16-8)9(15)12-5-1-2-6-13-14-11/h3-4H,1-2,5-6H2,(H,12,15). The summed E-state index contributed by atoms with van der Waals surface area (Å²) in [5, 5.41) is 6.23. The van der Waals surface area contributed by atoms with Crippen LogP contribution in [0.15, 0.2) is 21.7 Å². The van der Waals surface area contributed by atoms with Gasteiger partial charge in [0.25, 0.3) is 5.91 Å². The maximum atomic E-state index is 11.4. The second-order valence-electron chi connectivity index (χ2n) is 3.02. The van der Waals surface area contributed by atoms with Crippen LogP contribution in [0.3, 0.4) is 0 Å². The molecule has 0 spiro atoms. The van der Waals surface area contributed by atoms with Crippen molar-refractivity contribution in [1.82, 2.24) is 5.32 Å². The van der Waals surface area contributed by atoms with Gasteiger partial charge in [0.1, 0.15) is 0 Å². The van der Waals surface area contributed by atoms with Gasteiger partial charge in [-0.15, -0.1) is 0 Å². The Morgan fingerprint density at radius 3 is 3.00 bits per heavy atom.